The normalized spacial score (nSPS) is 17.8. The maximum absolute atomic E-state index is 13.6. The molecule has 1 atom stereocenters. The van der Waals surface area contributed by atoms with Crippen molar-refractivity contribution in [3.63, 3.8) is 0 Å². The monoisotopic (exact) mass is 317 g/mol. The van der Waals surface area contributed by atoms with Gasteiger partial charge in [0.15, 0.2) is 0 Å². The van der Waals surface area contributed by atoms with E-state index >= 15 is 0 Å². The molecule has 1 aromatic carbocycles. The highest BCUT2D eigenvalue weighted by Gasteiger charge is 2.27. The molecule has 0 radical (unpaired) electrons. The summed E-state index contributed by atoms with van der Waals surface area (Å²) in [7, 11) is 3.15. The van der Waals surface area contributed by atoms with Gasteiger partial charge >= 0.3 is 0 Å². The lowest BCUT2D eigenvalue weighted by molar-refractivity contribution is -0.130. The fourth-order valence-electron chi connectivity index (χ4n) is 2.62. The molecule has 0 saturated heterocycles. The number of rotatable bonds is 2. The van der Waals surface area contributed by atoms with E-state index in [-0.39, 0.29) is 23.6 Å². The summed E-state index contributed by atoms with van der Waals surface area (Å²) in [4.78, 5) is 25.8. The molecule has 0 bridgehead atoms. The topological polar surface area (TPSA) is 72.5 Å². The fourth-order valence-corrected chi connectivity index (χ4v) is 2.62. The molecule has 1 aliphatic rings. The Bertz CT molecular complexity index is 847. The lowest BCUT2D eigenvalue weighted by Crippen LogP contribution is -2.31. The zero-order valence-corrected chi connectivity index (χ0v) is 13.0. The van der Waals surface area contributed by atoms with E-state index in [1.807, 2.05) is 0 Å². The molecule has 0 N–H and O–H groups in total. The first-order valence-electron chi connectivity index (χ1n) is 7.11. The number of aromatic nitrogens is 3. The van der Waals surface area contributed by atoms with Crippen LogP contribution in [-0.2, 0) is 11.8 Å². The number of carbonyl (C=O) groups is 1. The first-order valence-corrected chi connectivity index (χ1v) is 7.11. The first-order chi connectivity index (χ1) is 10.9. The third-order valence-corrected chi connectivity index (χ3v) is 3.75. The quantitative estimate of drug-likeness (QED) is 0.828. The number of carbonyl (C=O) groups excluding carboxylic acids is 1. The Hall–Kier alpha value is -2.77. The molecule has 2 aromatic rings. The van der Waals surface area contributed by atoms with Crippen LogP contribution in [-0.4, -0.2) is 38.8 Å². The maximum Gasteiger partial charge on any atom is 0.295 e. The van der Waals surface area contributed by atoms with E-state index in [4.69, 9.17) is 0 Å². The van der Waals surface area contributed by atoms with Gasteiger partial charge in [-0.05, 0) is 30.7 Å². The minimum Gasteiger partial charge on any atom is -0.273 e. The van der Waals surface area contributed by atoms with Crippen molar-refractivity contribution in [2.24, 2.45) is 12.1 Å². The molecule has 0 aliphatic carbocycles. The van der Waals surface area contributed by atoms with Crippen LogP contribution >= 0.6 is 0 Å². The van der Waals surface area contributed by atoms with Gasteiger partial charge in [0.2, 0.25) is 5.91 Å². The van der Waals surface area contributed by atoms with Crippen LogP contribution in [0.1, 0.15) is 23.6 Å². The van der Waals surface area contributed by atoms with Crippen LogP contribution in [0.4, 0.5) is 4.39 Å². The number of hydrogen-bond acceptors (Lipinski definition) is 4. The van der Waals surface area contributed by atoms with E-state index in [0.717, 1.165) is 0 Å². The van der Waals surface area contributed by atoms with Gasteiger partial charge in [-0.3, -0.25) is 9.59 Å². The molecule has 0 fully saturated rings. The predicted octanol–water partition coefficient (Wildman–Crippen LogP) is 0.950. The lowest BCUT2D eigenvalue weighted by Gasteiger charge is -2.19. The molecule has 1 aromatic heterocycles. The number of benzene rings is 1. The van der Waals surface area contributed by atoms with Crippen molar-refractivity contribution in [3.8, 4) is 5.69 Å². The van der Waals surface area contributed by atoms with Crippen molar-refractivity contribution in [1.82, 2.24) is 19.6 Å². The Morgan fingerprint density at radius 2 is 1.96 bits per heavy atom. The molecule has 8 heteroatoms. The second-order valence-corrected chi connectivity index (χ2v) is 5.57. The van der Waals surface area contributed by atoms with Gasteiger partial charge in [0, 0.05) is 26.7 Å². The van der Waals surface area contributed by atoms with E-state index in [2.05, 4.69) is 10.2 Å². The van der Waals surface area contributed by atoms with Crippen LogP contribution < -0.4 is 5.56 Å². The Labute approximate surface area is 131 Å². The summed E-state index contributed by atoms with van der Waals surface area (Å²) in [5.41, 5.74) is 0.932. The number of amides is 1. The van der Waals surface area contributed by atoms with E-state index in [0.29, 0.717) is 11.3 Å². The Kier molecular flexibility index (Phi) is 3.59. The van der Waals surface area contributed by atoms with Gasteiger partial charge in [0.25, 0.3) is 5.56 Å². The second kappa shape index (κ2) is 5.45. The highest BCUT2D eigenvalue weighted by atomic mass is 19.1. The molecule has 0 spiro atoms. The zero-order chi connectivity index (χ0) is 16.7. The van der Waals surface area contributed by atoms with Gasteiger partial charge in [-0.25, -0.2) is 14.2 Å². The number of halogens is 1. The van der Waals surface area contributed by atoms with Gasteiger partial charge in [0.1, 0.15) is 11.5 Å². The number of hydrazone groups is 1. The Balaban J connectivity index is 2.09. The summed E-state index contributed by atoms with van der Waals surface area (Å²) in [5.74, 6) is -1.09. The molecule has 120 valence electrons. The molecular weight excluding hydrogens is 301 g/mol. The van der Waals surface area contributed by atoms with E-state index in [1.54, 1.807) is 27.1 Å². The molecule has 3 rings (SSSR count). The summed E-state index contributed by atoms with van der Waals surface area (Å²) >= 11 is 0. The van der Waals surface area contributed by atoms with Gasteiger partial charge in [-0.2, -0.15) is 14.9 Å². The summed E-state index contributed by atoms with van der Waals surface area (Å²) in [6, 6.07) is 4.35. The van der Waals surface area contributed by atoms with Gasteiger partial charge in [-0.1, -0.05) is 0 Å². The van der Waals surface area contributed by atoms with Crippen molar-refractivity contribution < 1.29 is 9.18 Å². The van der Waals surface area contributed by atoms with Crippen molar-refractivity contribution in [1.29, 1.82) is 0 Å². The van der Waals surface area contributed by atoms with Gasteiger partial charge < -0.3 is 0 Å². The highest BCUT2D eigenvalue weighted by Crippen LogP contribution is 2.19. The van der Waals surface area contributed by atoms with E-state index in [1.165, 1.54) is 32.8 Å². The van der Waals surface area contributed by atoms with Crippen LogP contribution in [0.25, 0.3) is 5.69 Å². The Morgan fingerprint density at radius 1 is 1.22 bits per heavy atom. The molecule has 1 unspecified atom stereocenters. The predicted molar refractivity (Wildman–Crippen MR) is 82.1 cm³/mol. The molecular formula is C15H16FN5O2. The lowest BCUT2D eigenvalue weighted by atomic mass is 10.0. The summed E-state index contributed by atoms with van der Waals surface area (Å²) in [6.45, 7) is 1.75. The van der Waals surface area contributed by atoms with Gasteiger partial charge in [-0.15, -0.1) is 0 Å². The standard InChI is InChI=1S/C15H16FN5O2/c1-9-4-11(16)7-12(5-9)21-15(23)14(18-20(21)3)10-6-13(22)19(2)17-8-10/h4-5,7-8,10H,6H2,1-3H3. The third kappa shape index (κ3) is 2.67. The van der Waals surface area contributed by atoms with Gasteiger partial charge in [0.05, 0.1) is 11.6 Å². The van der Waals surface area contributed by atoms with Crippen LogP contribution in [0.15, 0.2) is 28.1 Å². The van der Waals surface area contributed by atoms with Crippen LogP contribution in [0, 0.1) is 12.7 Å². The number of nitrogens with zero attached hydrogens (tertiary/aromatic N) is 5. The summed E-state index contributed by atoms with van der Waals surface area (Å²) < 4.78 is 14.9. The first kappa shape index (κ1) is 15.1. The largest absolute Gasteiger partial charge is 0.295 e. The van der Waals surface area contributed by atoms with Crippen molar-refractivity contribution in [2.75, 3.05) is 7.05 Å². The van der Waals surface area contributed by atoms with E-state index in [9.17, 15) is 14.0 Å². The minimum absolute atomic E-state index is 0.133. The SMILES string of the molecule is Cc1cc(F)cc(-n2c(=O)c(C3C=NN(C)C(=O)C3)nn2C)c1. The molecule has 1 amide bonds. The third-order valence-electron chi connectivity index (χ3n) is 3.75. The molecule has 7 nitrogen and oxygen atoms in total. The maximum atomic E-state index is 13.6. The number of hydrogen-bond donors (Lipinski definition) is 0. The molecule has 2 heterocycles. The molecule has 0 saturated carbocycles. The van der Waals surface area contributed by atoms with Crippen LogP contribution in [0.2, 0.25) is 0 Å². The fraction of sp³-hybridized carbons (Fsp3) is 0.333. The minimum atomic E-state index is -0.478. The number of aryl methyl sites for hydroxylation is 2. The van der Waals surface area contributed by atoms with Crippen LogP contribution in [0.5, 0.6) is 0 Å². The molecule has 23 heavy (non-hydrogen) atoms. The van der Waals surface area contributed by atoms with Crippen LogP contribution in [0.3, 0.4) is 0 Å². The molecule has 1 aliphatic heterocycles. The summed E-state index contributed by atoms with van der Waals surface area (Å²) in [5, 5.41) is 9.39. The smallest absolute Gasteiger partial charge is 0.273 e. The van der Waals surface area contributed by atoms with Crippen molar-refractivity contribution in [3.05, 3.63) is 45.6 Å². The average molecular weight is 317 g/mol. The van der Waals surface area contributed by atoms with Crippen molar-refractivity contribution >= 4 is 12.1 Å². The Morgan fingerprint density at radius 3 is 2.61 bits per heavy atom. The van der Waals surface area contributed by atoms with Crippen molar-refractivity contribution in [2.45, 2.75) is 19.3 Å². The highest BCUT2D eigenvalue weighted by molar-refractivity contribution is 5.85. The average Bonchev–Trinajstić information content (AvgIpc) is 2.76. The zero-order valence-electron chi connectivity index (χ0n) is 13.0. The summed E-state index contributed by atoms with van der Waals surface area (Å²) in [6.07, 6.45) is 1.67. The van der Waals surface area contributed by atoms with E-state index < -0.39 is 11.7 Å². The second-order valence-electron chi connectivity index (χ2n) is 5.57.